The molecule has 0 radical (unpaired) electrons. The Balaban J connectivity index is 0.00000341. The summed E-state index contributed by atoms with van der Waals surface area (Å²) in [7, 11) is 1.66. The van der Waals surface area contributed by atoms with Crippen LogP contribution in [0.15, 0.2) is 51.4 Å². The Morgan fingerprint density at radius 1 is 1.23 bits per heavy atom. The number of methoxy groups -OCH3 is 1. The lowest BCUT2D eigenvalue weighted by molar-refractivity contribution is 0.145. The van der Waals surface area contributed by atoms with Gasteiger partial charge in [-0.2, -0.15) is 0 Å². The average molecular weight is 556 g/mol. The Morgan fingerprint density at radius 2 is 2.10 bits per heavy atom. The van der Waals surface area contributed by atoms with Crippen LogP contribution in [0.3, 0.4) is 0 Å². The number of oxazole rings is 1. The highest BCUT2D eigenvalue weighted by Gasteiger charge is 2.09. The quantitative estimate of drug-likeness (QED) is 0.164. The Hall–Kier alpha value is -2.11. The maximum absolute atomic E-state index is 5.86. The first-order valence-electron chi connectivity index (χ1n) is 9.91. The zero-order valence-corrected chi connectivity index (χ0v) is 21.2. The number of benzene rings is 1. The summed E-state index contributed by atoms with van der Waals surface area (Å²) < 4.78 is 16.5. The molecule has 0 spiro atoms. The van der Waals surface area contributed by atoms with Crippen LogP contribution in [-0.4, -0.2) is 37.8 Å². The summed E-state index contributed by atoms with van der Waals surface area (Å²) in [5, 5.41) is 8.58. The highest BCUT2D eigenvalue weighted by Crippen LogP contribution is 2.24. The molecule has 168 valence electrons. The lowest BCUT2D eigenvalue weighted by atomic mass is 10.1. The van der Waals surface area contributed by atoms with E-state index in [1.54, 1.807) is 24.7 Å². The van der Waals surface area contributed by atoms with E-state index in [1.165, 1.54) is 0 Å². The summed E-state index contributed by atoms with van der Waals surface area (Å²) in [5.74, 6) is 2.19. The van der Waals surface area contributed by atoms with Crippen molar-refractivity contribution >= 4 is 41.3 Å². The van der Waals surface area contributed by atoms with E-state index in [4.69, 9.17) is 18.9 Å². The number of aryl methyl sites for hydroxylation is 1. The van der Waals surface area contributed by atoms with Crippen molar-refractivity contribution in [2.45, 2.75) is 26.9 Å². The van der Waals surface area contributed by atoms with E-state index in [1.807, 2.05) is 37.4 Å². The number of aromatic nitrogens is 1. The normalized spacial score (nSPS) is 11.1. The van der Waals surface area contributed by atoms with Gasteiger partial charge in [-0.15, -0.1) is 35.3 Å². The summed E-state index contributed by atoms with van der Waals surface area (Å²) in [6, 6.07) is 10.1. The van der Waals surface area contributed by atoms with Crippen LogP contribution in [0.2, 0.25) is 0 Å². The largest absolute Gasteiger partial charge is 0.491 e. The molecule has 0 fully saturated rings. The minimum absolute atomic E-state index is 0. The van der Waals surface area contributed by atoms with Crippen LogP contribution in [0.1, 0.15) is 23.7 Å². The first kappa shape index (κ1) is 25.2. The molecular weight excluding hydrogens is 527 g/mol. The second kappa shape index (κ2) is 13.3. The van der Waals surface area contributed by atoms with Crippen molar-refractivity contribution in [3.8, 4) is 16.5 Å². The van der Waals surface area contributed by atoms with Crippen LogP contribution in [-0.2, 0) is 17.8 Å². The van der Waals surface area contributed by atoms with Crippen LogP contribution in [0.4, 0.5) is 0 Å². The molecule has 3 aromatic rings. The maximum atomic E-state index is 5.86. The van der Waals surface area contributed by atoms with Gasteiger partial charge < -0.3 is 24.5 Å². The molecule has 2 aromatic heterocycles. The molecule has 0 amide bonds. The van der Waals surface area contributed by atoms with Crippen LogP contribution < -0.4 is 15.4 Å². The minimum Gasteiger partial charge on any atom is -0.491 e. The fourth-order valence-corrected chi connectivity index (χ4v) is 3.40. The van der Waals surface area contributed by atoms with Gasteiger partial charge in [0.2, 0.25) is 5.89 Å². The highest BCUT2D eigenvalue weighted by molar-refractivity contribution is 14.0. The van der Waals surface area contributed by atoms with Gasteiger partial charge in [0.15, 0.2) is 5.96 Å². The van der Waals surface area contributed by atoms with Gasteiger partial charge in [-0.1, -0.05) is 18.2 Å². The van der Waals surface area contributed by atoms with Crippen LogP contribution in [0.5, 0.6) is 5.75 Å². The third kappa shape index (κ3) is 7.82. The molecule has 0 aliphatic rings. The number of guanidine groups is 1. The van der Waals surface area contributed by atoms with Crippen molar-refractivity contribution < 1.29 is 13.9 Å². The molecule has 0 aliphatic carbocycles. The highest BCUT2D eigenvalue weighted by atomic mass is 127. The van der Waals surface area contributed by atoms with E-state index in [-0.39, 0.29) is 24.0 Å². The third-order valence-electron chi connectivity index (χ3n) is 4.24. The summed E-state index contributed by atoms with van der Waals surface area (Å²) in [4.78, 5) is 10.3. The van der Waals surface area contributed by atoms with Gasteiger partial charge in [0.05, 0.1) is 30.3 Å². The monoisotopic (exact) mass is 556 g/mol. The molecule has 0 unspecified atom stereocenters. The molecule has 7 nitrogen and oxygen atoms in total. The number of nitrogens with zero attached hydrogens (tertiary/aromatic N) is 2. The molecule has 3 rings (SSSR count). The molecule has 0 saturated carbocycles. The van der Waals surface area contributed by atoms with E-state index >= 15 is 0 Å². The van der Waals surface area contributed by atoms with Crippen molar-refractivity contribution in [3.63, 3.8) is 0 Å². The first-order chi connectivity index (χ1) is 14.7. The molecule has 9 heteroatoms. The predicted octanol–water partition coefficient (Wildman–Crippen LogP) is 4.61. The number of nitrogens with one attached hydrogen (secondary N) is 2. The fraction of sp³-hybridized carbons (Fsp3) is 0.364. The van der Waals surface area contributed by atoms with E-state index in [0.717, 1.165) is 34.0 Å². The average Bonchev–Trinajstić information content (AvgIpc) is 3.43. The molecule has 2 heterocycles. The number of hydrogen-bond acceptors (Lipinski definition) is 6. The summed E-state index contributed by atoms with van der Waals surface area (Å²) >= 11 is 1.60. The Bertz CT molecular complexity index is 944. The lowest BCUT2D eigenvalue weighted by Crippen LogP contribution is -2.36. The topological polar surface area (TPSA) is 80.9 Å². The fourth-order valence-electron chi connectivity index (χ4n) is 2.74. The number of ether oxygens (including phenoxy) is 2. The standard InChI is InChI=1S/C22H28N4O3S.HI/c1-4-23-22(25-14-18-15-29-21(26-18)20-6-5-11-30-20)24-13-17-8-7-16(2)12-19(17)28-10-9-27-3;/h5-8,11-12,15H,4,9-10,13-14H2,1-3H3,(H2,23,24,25);1H. The predicted molar refractivity (Wildman–Crippen MR) is 135 cm³/mol. The molecule has 0 saturated heterocycles. The van der Waals surface area contributed by atoms with Crippen LogP contribution >= 0.6 is 35.3 Å². The van der Waals surface area contributed by atoms with Crippen molar-refractivity contribution in [2.75, 3.05) is 26.9 Å². The van der Waals surface area contributed by atoms with Gasteiger partial charge in [-0.25, -0.2) is 9.98 Å². The van der Waals surface area contributed by atoms with Gasteiger partial charge in [-0.3, -0.25) is 0 Å². The second-order valence-corrected chi connectivity index (χ2v) is 7.57. The zero-order chi connectivity index (χ0) is 21.2. The van der Waals surface area contributed by atoms with Gasteiger partial charge in [0, 0.05) is 19.2 Å². The van der Waals surface area contributed by atoms with E-state index in [0.29, 0.717) is 38.2 Å². The lowest BCUT2D eigenvalue weighted by Gasteiger charge is -2.13. The minimum atomic E-state index is 0. The molecule has 31 heavy (non-hydrogen) atoms. The maximum Gasteiger partial charge on any atom is 0.236 e. The summed E-state index contributed by atoms with van der Waals surface area (Å²) in [6.45, 7) is 6.91. The van der Waals surface area contributed by atoms with E-state index in [9.17, 15) is 0 Å². The number of thiophene rings is 1. The van der Waals surface area contributed by atoms with Crippen molar-refractivity contribution in [2.24, 2.45) is 4.99 Å². The molecule has 2 N–H and O–H groups in total. The molecule has 0 atom stereocenters. The van der Waals surface area contributed by atoms with Crippen molar-refractivity contribution in [1.82, 2.24) is 15.6 Å². The number of aliphatic imine (C=N–C) groups is 1. The number of hydrogen-bond donors (Lipinski definition) is 2. The van der Waals surface area contributed by atoms with Crippen LogP contribution in [0, 0.1) is 6.92 Å². The Morgan fingerprint density at radius 3 is 2.84 bits per heavy atom. The van der Waals surface area contributed by atoms with Gasteiger partial charge in [0.25, 0.3) is 0 Å². The Kier molecular flexibility index (Phi) is 10.8. The second-order valence-electron chi connectivity index (χ2n) is 6.62. The first-order valence-corrected chi connectivity index (χ1v) is 10.8. The van der Waals surface area contributed by atoms with Crippen molar-refractivity contribution in [3.05, 3.63) is 58.8 Å². The smallest absolute Gasteiger partial charge is 0.236 e. The molecule has 0 bridgehead atoms. The molecule has 1 aromatic carbocycles. The van der Waals surface area contributed by atoms with Gasteiger partial charge >= 0.3 is 0 Å². The van der Waals surface area contributed by atoms with Gasteiger partial charge in [0.1, 0.15) is 18.6 Å². The summed E-state index contributed by atoms with van der Waals surface area (Å²) in [6.07, 6.45) is 1.67. The zero-order valence-electron chi connectivity index (χ0n) is 18.0. The Labute approximate surface area is 204 Å². The molecular formula is C22H29IN4O3S. The van der Waals surface area contributed by atoms with Crippen LogP contribution in [0.25, 0.3) is 10.8 Å². The SMILES string of the molecule is CCNC(=NCc1ccc(C)cc1OCCOC)NCc1coc(-c2cccs2)n1.I. The summed E-state index contributed by atoms with van der Waals surface area (Å²) in [5.41, 5.74) is 2.99. The van der Waals surface area contributed by atoms with E-state index < -0.39 is 0 Å². The van der Waals surface area contributed by atoms with Gasteiger partial charge in [-0.05, 0) is 36.9 Å². The van der Waals surface area contributed by atoms with Crippen molar-refractivity contribution in [1.29, 1.82) is 0 Å². The molecule has 0 aliphatic heterocycles. The number of rotatable bonds is 10. The number of halogens is 1. The third-order valence-corrected chi connectivity index (χ3v) is 5.10. The van der Waals surface area contributed by atoms with E-state index in [2.05, 4.69) is 27.8 Å².